The van der Waals surface area contributed by atoms with Gasteiger partial charge in [0.1, 0.15) is 0 Å². The zero-order chi connectivity index (χ0) is 17.5. The lowest BCUT2D eigenvalue weighted by molar-refractivity contribution is 0.0587. The Hall–Kier alpha value is -2.25. The van der Waals surface area contributed by atoms with E-state index in [0.29, 0.717) is 11.5 Å². The highest BCUT2D eigenvalue weighted by molar-refractivity contribution is 7.07. The Morgan fingerprint density at radius 1 is 1.23 bits per heavy atom. The fourth-order valence-electron chi connectivity index (χ4n) is 4.36. The molecule has 0 N–H and O–H groups in total. The molecule has 2 bridgehead atoms. The molecule has 134 valence electrons. The van der Waals surface area contributed by atoms with Crippen LogP contribution in [0.3, 0.4) is 0 Å². The maximum Gasteiger partial charge on any atom is 0.257 e. The van der Waals surface area contributed by atoms with Gasteiger partial charge < -0.3 is 4.90 Å². The predicted octanol–water partition coefficient (Wildman–Crippen LogP) is 2.53. The molecular formula is C19H21N5OS. The summed E-state index contributed by atoms with van der Waals surface area (Å²) in [5, 5.41) is 6.46. The van der Waals surface area contributed by atoms with Crippen molar-refractivity contribution >= 4 is 22.8 Å². The average Bonchev–Trinajstić information content (AvgIpc) is 3.24. The Morgan fingerprint density at radius 2 is 2.19 bits per heavy atom. The van der Waals surface area contributed by atoms with Gasteiger partial charge in [-0.05, 0) is 30.9 Å². The molecule has 3 aliphatic heterocycles. The quantitative estimate of drug-likeness (QED) is 0.714. The molecule has 0 spiro atoms. The Balaban J connectivity index is 1.39. The number of nitrogens with zero attached hydrogens (tertiary/aromatic N) is 5. The third-order valence-corrected chi connectivity index (χ3v) is 6.21. The fraction of sp³-hybridized carbons (Fsp3) is 0.421. The third kappa shape index (κ3) is 2.81. The summed E-state index contributed by atoms with van der Waals surface area (Å²) in [4.78, 5) is 22.3. The zero-order valence-electron chi connectivity index (χ0n) is 14.5. The van der Waals surface area contributed by atoms with E-state index in [4.69, 9.17) is 0 Å². The number of hydrogen-bond donors (Lipinski definition) is 0. The van der Waals surface area contributed by atoms with Crippen molar-refractivity contribution < 1.29 is 4.79 Å². The minimum atomic E-state index is 0.122. The number of thiazole rings is 1. The van der Waals surface area contributed by atoms with Crippen LogP contribution in [0.25, 0.3) is 5.52 Å². The van der Waals surface area contributed by atoms with Crippen LogP contribution < -0.4 is 0 Å². The molecule has 6 nitrogen and oxygen atoms in total. The Kier molecular flexibility index (Phi) is 3.98. The fourth-order valence-corrected chi connectivity index (χ4v) is 4.91. The van der Waals surface area contributed by atoms with E-state index in [1.54, 1.807) is 22.0 Å². The first-order chi connectivity index (χ1) is 12.8. The van der Waals surface area contributed by atoms with E-state index < -0.39 is 0 Å². The lowest BCUT2D eigenvalue weighted by Crippen LogP contribution is -2.47. The monoisotopic (exact) mass is 367 g/mol. The second kappa shape index (κ2) is 6.48. The number of carbonyl (C=O) groups is 1. The molecule has 1 amide bonds. The van der Waals surface area contributed by atoms with E-state index in [-0.39, 0.29) is 11.9 Å². The number of carbonyl (C=O) groups excluding carboxylic acids is 1. The van der Waals surface area contributed by atoms with Crippen LogP contribution >= 0.6 is 11.3 Å². The van der Waals surface area contributed by atoms with Gasteiger partial charge in [-0.2, -0.15) is 5.10 Å². The van der Waals surface area contributed by atoms with Gasteiger partial charge in [0.05, 0.1) is 28.5 Å². The van der Waals surface area contributed by atoms with Crippen LogP contribution in [-0.4, -0.2) is 56.0 Å². The maximum absolute atomic E-state index is 13.3. The van der Waals surface area contributed by atoms with Gasteiger partial charge in [-0.1, -0.05) is 6.07 Å². The standard InChI is InChI=1S/C19H21N5OS/c25-19(17-7-21-24-6-2-1-3-18(17)24)23-9-14-4-5-16(23)11-22(8-14)10-15-12-26-13-20-15/h1-3,6-7,12-14,16H,4-5,8-11H2. The molecule has 6 rings (SSSR count). The van der Waals surface area contributed by atoms with Crippen LogP contribution in [0.2, 0.25) is 0 Å². The van der Waals surface area contributed by atoms with Crippen LogP contribution in [0.5, 0.6) is 0 Å². The number of pyridine rings is 1. The molecule has 3 saturated heterocycles. The zero-order valence-corrected chi connectivity index (χ0v) is 15.3. The molecule has 2 atom stereocenters. The van der Waals surface area contributed by atoms with Crippen LogP contribution in [0.4, 0.5) is 0 Å². The molecule has 6 heterocycles. The van der Waals surface area contributed by atoms with Gasteiger partial charge >= 0.3 is 0 Å². The highest BCUT2D eigenvalue weighted by atomic mass is 32.1. The van der Waals surface area contributed by atoms with Gasteiger partial charge in [0.25, 0.3) is 5.91 Å². The molecule has 0 radical (unpaired) electrons. The summed E-state index contributed by atoms with van der Waals surface area (Å²) >= 11 is 1.64. The van der Waals surface area contributed by atoms with Crippen LogP contribution in [-0.2, 0) is 6.54 Å². The molecule has 26 heavy (non-hydrogen) atoms. The largest absolute Gasteiger partial charge is 0.334 e. The summed E-state index contributed by atoms with van der Waals surface area (Å²) in [6, 6.07) is 6.12. The lowest BCUT2D eigenvalue weighted by atomic mass is 9.94. The van der Waals surface area contributed by atoms with Crippen LogP contribution in [0.15, 0.2) is 41.5 Å². The van der Waals surface area contributed by atoms with Gasteiger partial charge in [-0.15, -0.1) is 11.3 Å². The molecule has 7 heteroatoms. The Labute approximate surface area is 156 Å². The first kappa shape index (κ1) is 16.0. The minimum absolute atomic E-state index is 0.122. The second-order valence-corrected chi connectivity index (χ2v) is 8.04. The third-order valence-electron chi connectivity index (χ3n) is 5.58. The molecular weight excluding hydrogens is 346 g/mol. The van der Waals surface area contributed by atoms with Gasteiger partial charge in [-0.3, -0.25) is 9.69 Å². The van der Waals surface area contributed by atoms with Gasteiger partial charge in [0.2, 0.25) is 0 Å². The number of aromatic nitrogens is 3. The lowest BCUT2D eigenvalue weighted by Gasteiger charge is -2.36. The van der Waals surface area contributed by atoms with Crippen molar-refractivity contribution in [2.75, 3.05) is 19.6 Å². The highest BCUT2D eigenvalue weighted by Crippen LogP contribution is 2.30. The number of amides is 1. The van der Waals surface area contributed by atoms with Crippen molar-refractivity contribution in [3.63, 3.8) is 0 Å². The second-order valence-electron chi connectivity index (χ2n) is 7.32. The minimum Gasteiger partial charge on any atom is -0.334 e. The highest BCUT2D eigenvalue weighted by Gasteiger charge is 2.38. The van der Waals surface area contributed by atoms with Crippen LogP contribution in [0.1, 0.15) is 28.9 Å². The molecule has 0 aromatic carbocycles. The maximum atomic E-state index is 13.3. The molecule has 0 saturated carbocycles. The van der Waals surface area contributed by atoms with Crippen molar-refractivity contribution in [2.24, 2.45) is 5.92 Å². The normalized spacial score (nSPS) is 23.5. The molecule has 3 aromatic heterocycles. The summed E-state index contributed by atoms with van der Waals surface area (Å²) < 4.78 is 1.78. The smallest absolute Gasteiger partial charge is 0.257 e. The van der Waals surface area contributed by atoms with E-state index in [9.17, 15) is 4.79 Å². The predicted molar refractivity (Wildman–Crippen MR) is 100 cm³/mol. The Morgan fingerprint density at radius 3 is 3.08 bits per heavy atom. The molecule has 3 aliphatic rings. The molecule has 2 unspecified atom stereocenters. The first-order valence-corrected chi connectivity index (χ1v) is 10.0. The van der Waals surface area contributed by atoms with E-state index >= 15 is 0 Å². The van der Waals surface area contributed by atoms with Gasteiger partial charge in [0, 0.05) is 43.8 Å². The molecule has 3 fully saturated rings. The number of fused-ring (bicyclic) bond motifs is 5. The van der Waals surface area contributed by atoms with E-state index in [0.717, 1.165) is 43.8 Å². The summed E-state index contributed by atoms with van der Waals surface area (Å²) in [5.41, 5.74) is 4.63. The van der Waals surface area contributed by atoms with Crippen molar-refractivity contribution in [3.8, 4) is 0 Å². The number of hydrogen-bond acceptors (Lipinski definition) is 5. The SMILES string of the molecule is O=C(c1cnn2ccccc12)N1CC2CCC1CN(Cc1cscn1)C2. The van der Waals surface area contributed by atoms with Gasteiger partial charge in [-0.25, -0.2) is 9.50 Å². The molecule has 3 aromatic rings. The number of rotatable bonds is 3. The van der Waals surface area contributed by atoms with Crippen LogP contribution in [0, 0.1) is 5.92 Å². The Bertz CT molecular complexity index is 921. The summed E-state index contributed by atoms with van der Waals surface area (Å²) in [5.74, 6) is 0.662. The topological polar surface area (TPSA) is 53.7 Å². The van der Waals surface area contributed by atoms with E-state index in [1.807, 2.05) is 29.9 Å². The van der Waals surface area contributed by atoms with Crippen molar-refractivity contribution in [1.29, 1.82) is 0 Å². The first-order valence-electron chi connectivity index (χ1n) is 9.10. The van der Waals surface area contributed by atoms with E-state index in [1.165, 1.54) is 6.42 Å². The van der Waals surface area contributed by atoms with Crippen molar-refractivity contribution in [1.82, 2.24) is 24.4 Å². The summed E-state index contributed by atoms with van der Waals surface area (Å²) in [6.07, 6.45) is 5.89. The summed E-state index contributed by atoms with van der Waals surface area (Å²) in [7, 11) is 0. The van der Waals surface area contributed by atoms with E-state index in [2.05, 4.69) is 25.3 Å². The van der Waals surface area contributed by atoms with Crippen molar-refractivity contribution in [3.05, 3.63) is 52.7 Å². The number of piperidine rings is 1. The van der Waals surface area contributed by atoms with Crippen molar-refractivity contribution in [2.45, 2.75) is 25.4 Å². The summed E-state index contributed by atoms with van der Waals surface area (Å²) in [6.45, 7) is 3.71. The van der Waals surface area contributed by atoms with Gasteiger partial charge in [0.15, 0.2) is 0 Å². The average molecular weight is 367 g/mol. The molecule has 0 aliphatic carbocycles.